The molecule has 0 radical (unpaired) electrons. The largest absolute Gasteiger partial charge is 0.396 e. The van der Waals surface area contributed by atoms with Crippen LogP contribution in [0.4, 0.5) is 5.69 Å². The average Bonchev–Trinajstić information content (AvgIpc) is 3.00. The molecule has 0 spiro atoms. The van der Waals surface area contributed by atoms with Crippen LogP contribution < -0.4 is 5.73 Å². The molecule has 1 aromatic heterocycles. The van der Waals surface area contributed by atoms with Crippen LogP contribution in [0.2, 0.25) is 0 Å². The van der Waals surface area contributed by atoms with E-state index in [1.165, 1.54) is 0 Å². The molecule has 7 heteroatoms. The summed E-state index contributed by atoms with van der Waals surface area (Å²) in [6.07, 6.45) is 4.84. The molecular weight excluding hydrogens is 258 g/mol. The molecule has 0 saturated carbocycles. The first-order valence-electron chi connectivity index (χ1n) is 6.97. The molecule has 7 nitrogen and oxygen atoms in total. The van der Waals surface area contributed by atoms with Crippen LogP contribution in [-0.4, -0.2) is 69.9 Å². The molecule has 20 heavy (non-hydrogen) atoms. The zero-order valence-corrected chi connectivity index (χ0v) is 11.9. The minimum atomic E-state index is -0.578. The van der Waals surface area contributed by atoms with Gasteiger partial charge in [-0.2, -0.15) is 5.10 Å². The number of nitrogen functional groups attached to an aromatic ring is 1. The second-order valence-electron chi connectivity index (χ2n) is 5.43. The Kier molecular flexibility index (Phi) is 4.97. The van der Waals surface area contributed by atoms with E-state index in [2.05, 4.69) is 5.10 Å². The van der Waals surface area contributed by atoms with Crippen molar-refractivity contribution >= 4 is 11.6 Å². The molecule has 112 valence electrons. The van der Waals surface area contributed by atoms with E-state index in [0.717, 1.165) is 25.9 Å². The van der Waals surface area contributed by atoms with Gasteiger partial charge in [0.25, 0.3) is 0 Å². The van der Waals surface area contributed by atoms with E-state index >= 15 is 0 Å². The molecule has 1 atom stereocenters. The van der Waals surface area contributed by atoms with Crippen LogP contribution in [0.3, 0.4) is 0 Å². The summed E-state index contributed by atoms with van der Waals surface area (Å²) < 4.78 is 1.61. The number of carbonyl (C=O) groups excluding carboxylic acids is 1. The van der Waals surface area contributed by atoms with Gasteiger partial charge in [0, 0.05) is 25.8 Å². The van der Waals surface area contributed by atoms with Crippen molar-refractivity contribution in [3.05, 3.63) is 12.4 Å². The Hall–Kier alpha value is -1.60. The van der Waals surface area contributed by atoms with E-state index in [-0.39, 0.29) is 5.91 Å². The van der Waals surface area contributed by atoms with E-state index < -0.39 is 6.10 Å². The lowest BCUT2D eigenvalue weighted by Crippen LogP contribution is -2.40. The molecule has 0 aromatic carbocycles. The van der Waals surface area contributed by atoms with Gasteiger partial charge in [-0.3, -0.25) is 14.4 Å². The molecule has 0 aliphatic carbocycles. The molecule has 1 fully saturated rings. The van der Waals surface area contributed by atoms with E-state index in [1.807, 2.05) is 16.8 Å². The molecule has 1 saturated heterocycles. The van der Waals surface area contributed by atoms with Crippen molar-refractivity contribution in [3.63, 3.8) is 0 Å². The maximum absolute atomic E-state index is 12.0. The number of nitrogens with two attached hydrogens (primary N) is 1. The summed E-state index contributed by atoms with van der Waals surface area (Å²) in [7, 11) is 1.84. The number of hydrogen-bond acceptors (Lipinski definition) is 5. The Labute approximate surface area is 118 Å². The Morgan fingerprint density at radius 1 is 1.55 bits per heavy atom. The first kappa shape index (κ1) is 14.8. The molecule has 0 bridgehead atoms. The van der Waals surface area contributed by atoms with Gasteiger partial charge >= 0.3 is 0 Å². The van der Waals surface area contributed by atoms with Crippen molar-refractivity contribution in [3.8, 4) is 0 Å². The van der Waals surface area contributed by atoms with Crippen molar-refractivity contribution in [2.75, 3.05) is 39.0 Å². The van der Waals surface area contributed by atoms with Crippen molar-refractivity contribution in [2.45, 2.75) is 25.5 Å². The van der Waals surface area contributed by atoms with Crippen LogP contribution in [0.15, 0.2) is 12.4 Å². The summed E-state index contributed by atoms with van der Waals surface area (Å²) >= 11 is 0. The Morgan fingerprint density at radius 3 is 2.85 bits per heavy atom. The number of anilines is 1. The predicted octanol–water partition coefficient (Wildman–Crippen LogP) is -0.620. The highest BCUT2D eigenvalue weighted by Crippen LogP contribution is 2.08. The first-order valence-corrected chi connectivity index (χ1v) is 6.97. The molecule has 1 aromatic rings. The van der Waals surface area contributed by atoms with Crippen LogP contribution >= 0.6 is 0 Å². The minimum Gasteiger partial charge on any atom is -0.396 e. The van der Waals surface area contributed by atoms with E-state index in [9.17, 15) is 9.90 Å². The van der Waals surface area contributed by atoms with Crippen LogP contribution in [0.25, 0.3) is 0 Å². The van der Waals surface area contributed by atoms with Crippen molar-refractivity contribution in [1.82, 2.24) is 19.6 Å². The van der Waals surface area contributed by atoms with Crippen molar-refractivity contribution in [2.24, 2.45) is 0 Å². The number of likely N-dealkylation sites (tertiary alicyclic amines) is 1. The van der Waals surface area contributed by atoms with Crippen LogP contribution in [0, 0.1) is 0 Å². The zero-order chi connectivity index (χ0) is 14.5. The highest BCUT2D eigenvalue weighted by molar-refractivity contribution is 5.78. The monoisotopic (exact) mass is 281 g/mol. The van der Waals surface area contributed by atoms with E-state index in [1.54, 1.807) is 17.1 Å². The second kappa shape index (κ2) is 6.71. The topological polar surface area (TPSA) is 87.6 Å². The fourth-order valence-corrected chi connectivity index (χ4v) is 2.47. The van der Waals surface area contributed by atoms with Crippen LogP contribution in [-0.2, 0) is 11.3 Å². The number of hydrogen-bond donors (Lipinski definition) is 2. The van der Waals surface area contributed by atoms with Gasteiger partial charge in [-0.05, 0) is 19.9 Å². The lowest BCUT2D eigenvalue weighted by molar-refractivity contribution is -0.131. The molecule has 2 rings (SSSR count). The summed E-state index contributed by atoms with van der Waals surface area (Å²) in [6.45, 7) is 2.88. The third-order valence-corrected chi connectivity index (χ3v) is 3.44. The molecular formula is C13H23N5O2. The van der Waals surface area contributed by atoms with Crippen molar-refractivity contribution in [1.29, 1.82) is 0 Å². The number of aliphatic hydroxyl groups is 1. The molecule has 3 N–H and O–H groups in total. The fraction of sp³-hybridized carbons (Fsp3) is 0.692. The van der Waals surface area contributed by atoms with Gasteiger partial charge in [-0.1, -0.05) is 0 Å². The van der Waals surface area contributed by atoms with Gasteiger partial charge < -0.3 is 15.7 Å². The quantitative estimate of drug-likeness (QED) is 0.725. The summed E-state index contributed by atoms with van der Waals surface area (Å²) in [5, 5.41) is 14.0. The summed E-state index contributed by atoms with van der Waals surface area (Å²) in [5.74, 6) is 0.139. The van der Waals surface area contributed by atoms with Gasteiger partial charge in [0.15, 0.2) is 0 Å². The van der Waals surface area contributed by atoms with Gasteiger partial charge in [0.05, 0.1) is 31.1 Å². The lowest BCUT2D eigenvalue weighted by Gasteiger charge is -2.23. The van der Waals surface area contributed by atoms with Gasteiger partial charge in [-0.25, -0.2) is 0 Å². The first-order chi connectivity index (χ1) is 9.54. The normalized spacial score (nSPS) is 16.9. The number of carbonyl (C=O) groups is 1. The van der Waals surface area contributed by atoms with Gasteiger partial charge in [-0.15, -0.1) is 0 Å². The molecule has 1 unspecified atom stereocenters. The van der Waals surface area contributed by atoms with Crippen molar-refractivity contribution < 1.29 is 9.90 Å². The van der Waals surface area contributed by atoms with E-state index in [4.69, 9.17) is 5.73 Å². The van der Waals surface area contributed by atoms with Gasteiger partial charge in [0.2, 0.25) is 5.91 Å². The summed E-state index contributed by atoms with van der Waals surface area (Å²) in [5.41, 5.74) is 6.14. The zero-order valence-electron chi connectivity index (χ0n) is 11.9. The second-order valence-corrected chi connectivity index (χ2v) is 5.43. The Morgan fingerprint density at radius 2 is 2.25 bits per heavy atom. The Balaban J connectivity index is 1.72. The maximum Gasteiger partial charge on any atom is 0.236 e. The average molecular weight is 281 g/mol. The molecule has 1 aliphatic rings. The number of nitrogens with zero attached hydrogens (tertiary/aromatic N) is 4. The lowest BCUT2D eigenvalue weighted by atomic mass is 10.3. The smallest absolute Gasteiger partial charge is 0.236 e. The number of amides is 1. The summed E-state index contributed by atoms with van der Waals surface area (Å²) in [6, 6.07) is 0. The number of aliphatic hydroxyl groups excluding tert-OH is 1. The number of rotatable bonds is 6. The SMILES string of the molecule is CN(CC(=O)N1CCCC1)CC(O)Cn1cc(N)cn1. The highest BCUT2D eigenvalue weighted by atomic mass is 16.3. The van der Waals surface area contributed by atoms with Gasteiger partial charge in [0.1, 0.15) is 0 Å². The third kappa shape index (κ3) is 4.21. The Bertz CT molecular complexity index is 442. The van der Waals surface area contributed by atoms with Crippen LogP contribution in [0.1, 0.15) is 12.8 Å². The third-order valence-electron chi connectivity index (χ3n) is 3.44. The minimum absolute atomic E-state index is 0.139. The predicted molar refractivity (Wildman–Crippen MR) is 76.0 cm³/mol. The molecule has 1 aliphatic heterocycles. The van der Waals surface area contributed by atoms with E-state index in [0.29, 0.717) is 25.3 Å². The summed E-state index contributed by atoms with van der Waals surface area (Å²) in [4.78, 5) is 15.7. The maximum atomic E-state index is 12.0. The highest BCUT2D eigenvalue weighted by Gasteiger charge is 2.20. The molecule has 2 heterocycles. The molecule has 1 amide bonds. The standard InChI is InChI=1S/C13H23N5O2/c1-16(10-13(20)17-4-2-3-5-17)8-12(19)9-18-7-11(14)6-15-18/h6-7,12,19H,2-5,8-10,14H2,1H3. The number of likely N-dealkylation sites (N-methyl/N-ethyl adjacent to an activating group) is 1. The van der Waals surface area contributed by atoms with Crippen LogP contribution in [0.5, 0.6) is 0 Å². The number of aromatic nitrogens is 2. The fourth-order valence-electron chi connectivity index (χ4n) is 2.47.